The van der Waals surface area contributed by atoms with Gasteiger partial charge in [0.2, 0.25) is 5.91 Å². The molecule has 0 aliphatic carbocycles. The molecule has 1 saturated heterocycles. The maximum atomic E-state index is 16.0. The number of benzene rings is 1. The summed E-state index contributed by atoms with van der Waals surface area (Å²) in [7, 11) is 1.47. The molecule has 4 aromatic rings. The summed E-state index contributed by atoms with van der Waals surface area (Å²) in [6, 6.07) is 3.52. The molecule has 222 valence electrons. The van der Waals surface area contributed by atoms with Gasteiger partial charge in [-0.25, -0.2) is 23.3 Å². The van der Waals surface area contributed by atoms with E-state index in [1.54, 1.807) is 15.3 Å². The summed E-state index contributed by atoms with van der Waals surface area (Å²) in [5.74, 6) is -3.17. The summed E-state index contributed by atoms with van der Waals surface area (Å²) in [6.45, 7) is 9.39. The number of halogens is 2. The number of hydrogen-bond donors (Lipinski definition) is 1. The zero-order chi connectivity index (χ0) is 30.9. The first-order valence-corrected chi connectivity index (χ1v) is 14.5. The molecule has 6 rings (SSSR count). The first kappa shape index (κ1) is 28.5. The van der Waals surface area contributed by atoms with Crippen molar-refractivity contribution in [1.29, 1.82) is 0 Å². The molecule has 2 atom stereocenters. The summed E-state index contributed by atoms with van der Waals surface area (Å²) in [4.78, 5) is 54.3. The number of anilines is 2. The van der Waals surface area contributed by atoms with Gasteiger partial charge in [0.05, 0.1) is 29.0 Å². The molecule has 2 amide bonds. The average Bonchev–Trinajstić information content (AvgIpc) is 3.45. The van der Waals surface area contributed by atoms with E-state index in [0.717, 1.165) is 12.1 Å². The lowest BCUT2D eigenvalue weighted by Crippen LogP contribution is -2.66. The highest BCUT2D eigenvalue weighted by Gasteiger charge is 2.46. The van der Waals surface area contributed by atoms with E-state index in [1.807, 2.05) is 20.8 Å². The smallest absolute Gasteiger partial charge is 0.283 e. The van der Waals surface area contributed by atoms with Gasteiger partial charge in [0, 0.05) is 25.0 Å². The fourth-order valence-electron chi connectivity index (χ4n) is 5.96. The predicted octanol–water partition coefficient (Wildman–Crippen LogP) is 4.18. The van der Waals surface area contributed by atoms with Gasteiger partial charge in [0.15, 0.2) is 11.5 Å². The van der Waals surface area contributed by atoms with Crippen molar-refractivity contribution in [2.75, 3.05) is 29.9 Å². The number of carbonyl (C=O) groups is 2. The van der Waals surface area contributed by atoms with Crippen LogP contribution in [-0.4, -0.2) is 68.6 Å². The third kappa shape index (κ3) is 4.21. The van der Waals surface area contributed by atoms with Crippen LogP contribution in [0.4, 0.5) is 20.2 Å². The molecule has 10 nitrogen and oxygen atoms in total. The molecule has 43 heavy (non-hydrogen) atoms. The molecule has 5 heterocycles. The second-order valence-electron chi connectivity index (χ2n) is 11.0. The number of rotatable bonds is 4. The summed E-state index contributed by atoms with van der Waals surface area (Å²) in [6.07, 6.45) is 1.19. The molecule has 2 unspecified atom stereocenters. The van der Waals surface area contributed by atoms with Crippen LogP contribution in [0.2, 0.25) is 0 Å². The minimum atomic E-state index is -0.932. The highest BCUT2D eigenvalue weighted by Crippen LogP contribution is 2.43. The Morgan fingerprint density at radius 1 is 1.19 bits per heavy atom. The van der Waals surface area contributed by atoms with E-state index in [1.165, 1.54) is 46.1 Å². The fourth-order valence-corrected chi connectivity index (χ4v) is 6.91. The van der Waals surface area contributed by atoms with Gasteiger partial charge in [-0.1, -0.05) is 26.5 Å². The Hall–Kier alpha value is -4.65. The lowest BCUT2D eigenvalue weighted by atomic mass is 9.98. The molecule has 1 aromatic carbocycles. The normalized spacial score (nSPS) is 18.3. The van der Waals surface area contributed by atoms with Crippen molar-refractivity contribution >= 4 is 45.6 Å². The fraction of sp³-hybridized carbons (Fsp3) is 0.300. The quantitative estimate of drug-likeness (QED) is 0.347. The summed E-state index contributed by atoms with van der Waals surface area (Å²) in [5, 5.41) is 11.1. The Kier molecular flexibility index (Phi) is 6.79. The van der Waals surface area contributed by atoms with Gasteiger partial charge >= 0.3 is 0 Å². The molecule has 0 spiro atoms. The van der Waals surface area contributed by atoms with Crippen LogP contribution < -0.4 is 15.4 Å². The van der Waals surface area contributed by atoms with Gasteiger partial charge in [0.25, 0.3) is 11.5 Å². The van der Waals surface area contributed by atoms with Crippen molar-refractivity contribution in [1.82, 2.24) is 19.4 Å². The number of piperazine rings is 1. The molecule has 0 saturated carbocycles. The second-order valence-corrected chi connectivity index (χ2v) is 11.8. The van der Waals surface area contributed by atoms with Crippen LogP contribution in [0.25, 0.3) is 27.3 Å². The van der Waals surface area contributed by atoms with E-state index >= 15 is 4.39 Å². The average molecular weight is 607 g/mol. The topological polar surface area (TPSA) is 112 Å². The number of nitrogens with zero attached hydrogens (tertiary/aromatic N) is 6. The Labute approximate surface area is 249 Å². The van der Waals surface area contributed by atoms with Crippen molar-refractivity contribution in [3.63, 3.8) is 0 Å². The highest BCUT2D eigenvalue weighted by atomic mass is 32.1. The van der Waals surface area contributed by atoms with Crippen LogP contribution in [0, 0.1) is 11.6 Å². The number of phenolic OH excluding ortho intramolecular Hbond substituents is 1. The van der Waals surface area contributed by atoms with Gasteiger partial charge in [-0.3, -0.25) is 14.4 Å². The molecule has 2 aliphatic rings. The second kappa shape index (κ2) is 10.3. The maximum absolute atomic E-state index is 16.0. The maximum Gasteiger partial charge on any atom is 0.283 e. The SMILES string of the molecule is C=CC(=O)N1CC2C(=O)N(C)c3c(c4cc(F)c(-c5c(O)cccc5F)nc4n(-c4scnc4C(C)C)c3=O)N2CC1C. The number of thiazole rings is 1. The zero-order valence-corrected chi connectivity index (χ0v) is 24.7. The zero-order valence-electron chi connectivity index (χ0n) is 23.8. The molecule has 13 heteroatoms. The Morgan fingerprint density at radius 2 is 1.93 bits per heavy atom. The standard InChI is InChI=1S/C30H28F2N6O4S/c1-6-21(40)36-12-19-28(41)35(5)26-25(37(19)11-15(36)4)16-10-18(32)24(22-17(31)8-7-9-20(22)39)34-27(16)38(29(26)42)30-23(14(2)3)33-13-43-30/h6-10,13-15,19,39H,1,11-12H2,2-5H3. The first-order valence-electron chi connectivity index (χ1n) is 13.6. The molecule has 3 aromatic heterocycles. The van der Waals surface area contributed by atoms with E-state index in [-0.39, 0.29) is 53.4 Å². The monoisotopic (exact) mass is 606 g/mol. The minimum Gasteiger partial charge on any atom is -0.507 e. The Balaban J connectivity index is 1.72. The van der Waals surface area contributed by atoms with Crippen LogP contribution in [-0.2, 0) is 9.59 Å². The molecular formula is C30H28F2N6O4S. The number of pyridine rings is 2. The van der Waals surface area contributed by atoms with Crippen molar-refractivity contribution in [2.45, 2.75) is 38.8 Å². The summed E-state index contributed by atoms with van der Waals surface area (Å²) >= 11 is 1.18. The number of likely N-dealkylation sites (N-methyl/N-ethyl adjacent to an activating group) is 1. The van der Waals surface area contributed by atoms with Crippen molar-refractivity contribution in [3.05, 3.63) is 70.1 Å². The molecule has 1 fully saturated rings. The number of aromatic hydroxyl groups is 1. The lowest BCUT2D eigenvalue weighted by Gasteiger charge is -2.49. The van der Waals surface area contributed by atoms with Crippen molar-refractivity contribution in [2.24, 2.45) is 0 Å². The Morgan fingerprint density at radius 3 is 2.60 bits per heavy atom. The van der Waals surface area contributed by atoms with Crippen LogP contribution in [0.1, 0.15) is 32.4 Å². The molecule has 0 bridgehead atoms. The minimum absolute atomic E-state index is 0.00713. The van der Waals surface area contributed by atoms with Gasteiger partial charge in [-0.05, 0) is 37.1 Å². The number of aromatic nitrogens is 3. The van der Waals surface area contributed by atoms with Crippen LogP contribution in [0.15, 0.2) is 47.2 Å². The number of amides is 2. The highest BCUT2D eigenvalue weighted by molar-refractivity contribution is 7.12. The predicted molar refractivity (Wildman–Crippen MR) is 160 cm³/mol. The number of fused-ring (bicyclic) bond motifs is 5. The molecule has 0 radical (unpaired) electrons. The van der Waals surface area contributed by atoms with E-state index < -0.39 is 46.1 Å². The van der Waals surface area contributed by atoms with Gasteiger partial charge in [-0.15, -0.1) is 11.3 Å². The first-order chi connectivity index (χ1) is 20.5. The van der Waals surface area contributed by atoms with Gasteiger partial charge < -0.3 is 19.8 Å². The largest absolute Gasteiger partial charge is 0.507 e. The number of carbonyl (C=O) groups excluding carboxylic acids is 2. The van der Waals surface area contributed by atoms with E-state index in [4.69, 9.17) is 0 Å². The molecule has 1 N–H and O–H groups in total. The lowest BCUT2D eigenvalue weighted by molar-refractivity contribution is -0.130. The van der Waals surface area contributed by atoms with Crippen molar-refractivity contribution in [3.8, 4) is 22.0 Å². The van der Waals surface area contributed by atoms with Gasteiger partial charge in [0.1, 0.15) is 34.0 Å². The third-order valence-corrected chi connectivity index (χ3v) is 8.87. The van der Waals surface area contributed by atoms with Gasteiger partial charge in [-0.2, -0.15) is 0 Å². The molecular weight excluding hydrogens is 578 g/mol. The number of hydrogen-bond acceptors (Lipinski definition) is 8. The number of phenols is 1. The summed E-state index contributed by atoms with van der Waals surface area (Å²) < 4.78 is 32.3. The van der Waals surface area contributed by atoms with E-state index in [2.05, 4.69) is 16.5 Å². The van der Waals surface area contributed by atoms with Crippen molar-refractivity contribution < 1.29 is 23.5 Å². The summed E-state index contributed by atoms with van der Waals surface area (Å²) in [5.41, 5.74) is 0.972. The third-order valence-electron chi connectivity index (χ3n) is 8.04. The Bertz CT molecular complexity index is 1880. The molecule has 2 aliphatic heterocycles. The van der Waals surface area contributed by atoms with Crippen LogP contribution in [0.3, 0.4) is 0 Å². The van der Waals surface area contributed by atoms with Crippen LogP contribution in [0.5, 0.6) is 5.75 Å². The van der Waals surface area contributed by atoms with E-state index in [0.29, 0.717) is 10.7 Å². The van der Waals surface area contributed by atoms with E-state index in [9.17, 15) is 23.9 Å². The van der Waals surface area contributed by atoms with Crippen LogP contribution >= 0.6 is 11.3 Å².